The molecule has 0 aliphatic heterocycles. The van der Waals surface area contributed by atoms with Crippen LogP contribution in [0, 0.1) is 10.1 Å². The van der Waals surface area contributed by atoms with Crippen LogP contribution in [0.2, 0.25) is 5.02 Å². The van der Waals surface area contributed by atoms with Crippen molar-refractivity contribution in [3.05, 3.63) is 69.3 Å². The minimum Gasteiger partial charge on any atom is -0.280 e. The lowest BCUT2D eigenvalue weighted by atomic mass is 10.3. The lowest BCUT2D eigenvalue weighted by molar-refractivity contribution is -0.384. The van der Waals surface area contributed by atoms with Gasteiger partial charge in [-0.25, -0.2) is 8.42 Å². The van der Waals surface area contributed by atoms with Crippen molar-refractivity contribution in [1.29, 1.82) is 0 Å². The van der Waals surface area contributed by atoms with E-state index < -0.39 is 14.9 Å². The summed E-state index contributed by atoms with van der Waals surface area (Å²) < 4.78 is 27.5. The molecule has 0 saturated carbocycles. The Hall–Kier alpha value is -2.91. The zero-order valence-corrected chi connectivity index (χ0v) is 16.4. The van der Waals surface area contributed by atoms with Gasteiger partial charge in [0.2, 0.25) is 0 Å². The molecule has 2 aromatic carbocycles. The quantitative estimate of drug-likeness (QED) is 0.525. The van der Waals surface area contributed by atoms with E-state index in [1.54, 1.807) is 0 Å². The largest absolute Gasteiger partial charge is 0.295 e. The Morgan fingerprint density at radius 3 is 2.46 bits per heavy atom. The maximum Gasteiger partial charge on any atom is 0.295 e. The molecule has 0 bridgehead atoms. The van der Waals surface area contributed by atoms with Crippen molar-refractivity contribution in [2.75, 3.05) is 10.1 Å². The molecule has 2 aromatic rings. The summed E-state index contributed by atoms with van der Waals surface area (Å²) >= 11 is 5.78. The molecule has 0 atom stereocenters. The highest BCUT2D eigenvalue weighted by atomic mass is 35.5. The van der Waals surface area contributed by atoms with Gasteiger partial charge in [0.25, 0.3) is 15.7 Å². The number of anilines is 2. The SMILES string of the molecule is CC1=CC(=NNc2ccc(S(=O)(=O)Nc3ccc(Cl)cc3)cc2[N+](=O)[O-])CC1. The molecule has 0 aromatic heterocycles. The first kappa shape index (κ1) is 19.8. The van der Waals surface area contributed by atoms with Crippen LogP contribution in [-0.2, 0) is 10.0 Å². The fourth-order valence-electron chi connectivity index (χ4n) is 2.63. The van der Waals surface area contributed by atoms with E-state index >= 15 is 0 Å². The van der Waals surface area contributed by atoms with Gasteiger partial charge in [-0.05, 0) is 62.2 Å². The second-order valence-corrected chi connectivity index (χ2v) is 8.37. The summed E-state index contributed by atoms with van der Waals surface area (Å²) in [4.78, 5) is 10.5. The summed E-state index contributed by atoms with van der Waals surface area (Å²) in [5.74, 6) is 0. The summed E-state index contributed by atoms with van der Waals surface area (Å²) in [5, 5.41) is 16.0. The van der Waals surface area contributed by atoms with Crippen LogP contribution in [0.5, 0.6) is 0 Å². The van der Waals surface area contributed by atoms with E-state index in [4.69, 9.17) is 11.6 Å². The van der Waals surface area contributed by atoms with E-state index in [1.165, 1.54) is 42.0 Å². The van der Waals surface area contributed by atoms with Gasteiger partial charge in [-0.1, -0.05) is 17.2 Å². The lowest BCUT2D eigenvalue weighted by Crippen LogP contribution is -2.13. The maximum atomic E-state index is 12.6. The minimum absolute atomic E-state index is 0.112. The van der Waals surface area contributed by atoms with Crippen molar-refractivity contribution in [1.82, 2.24) is 0 Å². The number of hydrogen-bond donors (Lipinski definition) is 2. The highest BCUT2D eigenvalue weighted by Crippen LogP contribution is 2.29. The van der Waals surface area contributed by atoms with E-state index in [1.807, 2.05) is 13.0 Å². The van der Waals surface area contributed by atoms with Crippen LogP contribution in [0.25, 0.3) is 0 Å². The van der Waals surface area contributed by atoms with Crippen molar-refractivity contribution in [3.63, 3.8) is 0 Å². The third kappa shape index (κ3) is 4.68. The first-order valence-corrected chi connectivity index (χ1v) is 10.2. The number of sulfonamides is 1. The Kier molecular flexibility index (Phi) is 5.66. The molecule has 0 spiro atoms. The second-order valence-electron chi connectivity index (χ2n) is 6.25. The van der Waals surface area contributed by atoms with Crippen LogP contribution in [0.3, 0.4) is 0 Å². The van der Waals surface area contributed by atoms with Crippen LogP contribution in [0.1, 0.15) is 19.8 Å². The molecular formula is C18H17ClN4O4S. The summed E-state index contributed by atoms with van der Waals surface area (Å²) in [6.45, 7) is 1.98. The average Bonchev–Trinajstić information content (AvgIpc) is 3.07. The van der Waals surface area contributed by atoms with Crippen LogP contribution >= 0.6 is 11.6 Å². The molecule has 1 aliphatic carbocycles. The topological polar surface area (TPSA) is 114 Å². The third-order valence-electron chi connectivity index (χ3n) is 4.08. The molecule has 0 radical (unpaired) electrons. The Morgan fingerprint density at radius 1 is 1.14 bits per heavy atom. The summed E-state index contributed by atoms with van der Waals surface area (Å²) in [7, 11) is -4.01. The standard InChI is InChI=1S/C18H17ClN4O4S/c1-12-2-5-15(10-12)20-21-17-9-8-16(11-18(17)23(24)25)28(26,27)22-14-6-3-13(19)4-7-14/h3-4,6-11,21-22H,2,5H2,1H3. The molecule has 0 amide bonds. The van der Waals surface area contributed by atoms with Gasteiger partial charge in [-0.15, -0.1) is 0 Å². The highest BCUT2D eigenvalue weighted by Gasteiger charge is 2.22. The maximum absolute atomic E-state index is 12.6. The number of hydrazone groups is 1. The third-order valence-corrected chi connectivity index (χ3v) is 5.71. The molecule has 1 aliphatic rings. The molecular weight excluding hydrogens is 404 g/mol. The predicted molar refractivity (Wildman–Crippen MR) is 109 cm³/mol. The van der Waals surface area contributed by atoms with Gasteiger partial charge in [0, 0.05) is 16.8 Å². The molecule has 10 heteroatoms. The molecule has 3 rings (SSSR count). The number of nitro benzene ring substituents is 1. The summed E-state index contributed by atoms with van der Waals surface area (Å²) in [6.07, 6.45) is 3.56. The molecule has 0 saturated heterocycles. The monoisotopic (exact) mass is 420 g/mol. The van der Waals surface area contributed by atoms with Crippen LogP contribution in [0.15, 0.2) is 64.1 Å². The Labute approximate surface area is 167 Å². The average molecular weight is 421 g/mol. The second kappa shape index (κ2) is 7.99. The van der Waals surface area contributed by atoms with Gasteiger partial charge in [0.05, 0.1) is 15.5 Å². The molecule has 28 heavy (non-hydrogen) atoms. The van der Waals surface area contributed by atoms with Crippen molar-refractivity contribution in [3.8, 4) is 0 Å². The summed E-state index contributed by atoms with van der Waals surface area (Å²) in [5.41, 5.74) is 4.65. The zero-order chi connectivity index (χ0) is 20.3. The van der Waals surface area contributed by atoms with Gasteiger partial charge in [0.15, 0.2) is 0 Å². The Morgan fingerprint density at radius 2 is 1.86 bits per heavy atom. The van der Waals surface area contributed by atoms with Gasteiger partial charge in [-0.3, -0.25) is 20.3 Å². The van der Waals surface area contributed by atoms with Gasteiger partial charge in [-0.2, -0.15) is 5.10 Å². The first-order chi connectivity index (χ1) is 13.2. The van der Waals surface area contributed by atoms with Crippen molar-refractivity contribution < 1.29 is 13.3 Å². The van der Waals surface area contributed by atoms with Gasteiger partial charge < -0.3 is 0 Å². The predicted octanol–water partition coefficient (Wildman–Crippen LogP) is 4.56. The van der Waals surface area contributed by atoms with E-state index in [-0.39, 0.29) is 16.3 Å². The number of nitrogens with one attached hydrogen (secondary N) is 2. The minimum atomic E-state index is -4.01. The number of halogens is 1. The van der Waals surface area contributed by atoms with Gasteiger partial charge in [0.1, 0.15) is 5.69 Å². The first-order valence-electron chi connectivity index (χ1n) is 8.31. The fraction of sp³-hybridized carbons (Fsp3) is 0.167. The van der Waals surface area contributed by atoms with Crippen LogP contribution in [-0.4, -0.2) is 19.1 Å². The van der Waals surface area contributed by atoms with Crippen molar-refractivity contribution in [2.45, 2.75) is 24.7 Å². The number of hydrogen-bond acceptors (Lipinski definition) is 6. The van der Waals surface area contributed by atoms with E-state index in [0.717, 1.165) is 24.6 Å². The number of nitro groups is 1. The van der Waals surface area contributed by atoms with E-state index in [9.17, 15) is 18.5 Å². The zero-order valence-electron chi connectivity index (χ0n) is 14.8. The molecule has 2 N–H and O–H groups in total. The fourth-order valence-corrected chi connectivity index (χ4v) is 3.83. The number of rotatable bonds is 6. The molecule has 8 nitrogen and oxygen atoms in total. The smallest absolute Gasteiger partial charge is 0.280 e. The van der Waals surface area contributed by atoms with E-state index in [2.05, 4.69) is 15.2 Å². The van der Waals surface area contributed by atoms with Crippen molar-refractivity contribution in [2.24, 2.45) is 5.10 Å². The molecule has 0 fully saturated rings. The van der Waals surface area contributed by atoms with Crippen LogP contribution < -0.4 is 10.1 Å². The number of benzene rings is 2. The highest BCUT2D eigenvalue weighted by molar-refractivity contribution is 7.92. The normalized spacial score (nSPS) is 15.4. The molecule has 146 valence electrons. The molecule has 0 heterocycles. The molecule has 0 unspecified atom stereocenters. The summed E-state index contributed by atoms with van der Waals surface area (Å²) in [6, 6.07) is 9.67. The number of nitrogens with zero attached hydrogens (tertiary/aromatic N) is 2. The van der Waals surface area contributed by atoms with Gasteiger partial charge >= 0.3 is 0 Å². The van der Waals surface area contributed by atoms with Crippen LogP contribution in [0.4, 0.5) is 17.1 Å². The van der Waals surface area contributed by atoms with Crippen molar-refractivity contribution >= 4 is 44.4 Å². The Bertz CT molecular complexity index is 1080. The lowest BCUT2D eigenvalue weighted by Gasteiger charge is -2.09. The van der Waals surface area contributed by atoms with E-state index in [0.29, 0.717) is 10.7 Å². The number of allylic oxidation sites excluding steroid dienone is 2. The Balaban J connectivity index is 1.87.